The van der Waals surface area contributed by atoms with Gasteiger partial charge in [0.05, 0.1) is 11.9 Å². The summed E-state index contributed by atoms with van der Waals surface area (Å²) in [4.78, 5) is 8.09. The summed E-state index contributed by atoms with van der Waals surface area (Å²) < 4.78 is 0. The third kappa shape index (κ3) is 2.90. The summed E-state index contributed by atoms with van der Waals surface area (Å²) in [6, 6.07) is 13.1. The van der Waals surface area contributed by atoms with E-state index in [1.807, 2.05) is 6.20 Å². The van der Waals surface area contributed by atoms with Crippen molar-refractivity contribution in [2.24, 2.45) is 0 Å². The van der Waals surface area contributed by atoms with E-state index < -0.39 is 0 Å². The quantitative estimate of drug-likeness (QED) is 0.602. The molecule has 0 bridgehead atoms. The van der Waals surface area contributed by atoms with Crippen LogP contribution in [0.15, 0.2) is 42.6 Å². The van der Waals surface area contributed by atoms with Crippen molar-refractivity contribution >= 4 is 10.8 Å². The van der Waals surface area contributed by atoms with Crippen molar-refractivity contribution in [2.75, 3.05) is 0 Å². The van der Waals surface area contributed by atoms with E-state index in [-0.39, 0.29) is 10.8 Å². The van der Waals surface area contributed by atoms with E-state index in [1.165, 1.54) is 21.9 Å². The summed E-state index contributed by atoms with van der Waals surface area (Å²) in [7, 11) is 0. The summed E-state index contributed by atoms with van der Waals surface area (Å²) in [6.45, 7) is 13.3. The number of nitrogens with one attached hydrogen (secondary N) is 1. The molecule has 0 radical (unpaired) electrons. The molecule has 2 aromatic carbocycles. The first-order chi connectivity index (χ1) is 10.7. The number of rotatable bonds is 1. The summed E-state index contributed by atoms with van der Waals surface area (Å²) >= 11 is 0. The third-order valence-electron chi connectivity index (χ3n) is 4.31. The van der Waals surface area contributed by atoms with E-state index in [0.717, 1.165) is 11.5 Å². The number of imidazole rings is 1. The maximum Gasteiger partial charge on any atom is 0.111 e. The Morgan fingerprint density at radius 2 is 1.43 bits per heavy atom. The smallest absolute Gasteiger partial charge is 0.111 e. The Morgan fingerprint density at radius 3 is 2.00 bits per heavy atom. The number of fused-ring (bicyclic) bond motifs is 1. The van der Waals surface area contributed by atoms with Gasteiger partial charge in [-0.3, -0.25) is 0 Å². The Bertz CT molecular complexity index is 842. The average molecular weight is 306 g/mol. The van der Waals surface area contributed by atoms with Crippen LogP contribution >= 0.6 is 0 Å². The van der Waals surface area contributed by atoms with Crippen LogP contribution in [0.2, 0.25) is 0 Å². The largest absolute Gasteiger partial charge is 0.342 e. The molecule has 1 heterocycles. The lowest BCUT2D eigenvalue weighted by molar-refractivity contribution is 0.553. The monoisotopic (exact) mass is 306 g/mol. The maximum absolute atomic E-state index is 4.59. The maximum atomic E-state index is 4.59. The van der Waals surface area contributed by atoms with E-state index in [9.17, 15) is 0 Å². The van der Waals surface area contributed by atoms with Gasteiger partial charge in [-0.2, -0.15) is 0 Å². The number of hydrogen-bond donors (Lipinski definition) is 1. The van der Waals surface area contributed by atoms with Gasteiger partial charge in [-0.1, -0.05) is 77.9 Å². The van der Waals surface area contributed by atoms with Gasteiger partial charge in [-0.25, -0.2) is 4.98 Å². The lowest BCUT2D eigenvalue weighted by atomic mass is 9.82. The lowest BCUT2D eigenvalue weighted by Gasteiger charge is -2.22. The molecule has 1 aromatic heterocycles. The van der Waals surface area contributed by atoms with Gasteiger partial charge in [0.15, 0.2) is 0 Å². The molecule has 0 unspecified atom stereocenters. The SMILES string of the molecule is CC(C)(C)c1ncc(-c2ccc(C(C)(C)C)c3ccccc23)[nH]1. The summed E-state index contributed by atoms with van der Waals surface area (Å²) in [5, 5.41) is 2.61. The van der Waals surface area contributed by atoms with E-state index >= 15 is 0 Å². The van der Waals surface area contributed by atoms with Gasteiger partial charge in [-0.05, 0) is 21.8 Å². The Labute approximate surface area is 139 Å². The standard InChI is InChI=1S/C21H26N2/c1-20(2,3)17-12-11-16(14-9-7-8-10-15(14)17)18-13-22-19(23-18)21(4,5)6/h7-13H,1-6H3,(H,22,23). The van der Waals surface area contributed by atoms with E-state index in [4.69, 9.17) is 0 Å². The molecular weight excluding hydrogens is 280 g/mol. The summed E-state index contributed by atoms with van der Waals surface area (Å²) in [5.74, 6) is 1.02. The van der Waals surface area contributed by atoms with Crippen LogP contribution in [-0.2, 0) is 10.8 Å². The van der Waals surface area contributed by atoms with E-state index in [0.29, 0.717) is 0 Å². The molecule has 2 heteroatoms. The second kappa shape index (κ2) is 5.23. The van der Waals surface area contributed by atoms with Crippen molar-refractivity contribution < 1.29 is 0 Å². The van der Waals surface area contributed by atoms with Crippen LogP contribution in [0.3, 0.4) is 0 Å². The van der Waals surface area contributed by atoms with Gasteiger partial charge in [0, 0.05) is 11.0 Å². The topological polar surface area (TPSA) is 28.7 Å². The molecule has 120 valence electrons. The molecule has 0 saturated carbocycles. The van der Waals surface area contributed by atoms with Crippen molar-refractivity contribution in [2.45, 2.75) is 52.4 Å². The Morgan fingerprint density at radius 1 is 0.783 bits per heavy atom. The molecule has 3 rings (SSSR count). The molecule has 0 amide bonds. The summed E-state index contributed by atoms with van der Waals surface area (Å²) in [5.41, 5.74) is 3.85. The Balaban J connectivity index is 2.22. The second-order valence-corrected chi connectivity index (χ2v) is 8.35. The highest BCUT2D eigenvalue weighted by Gasteiger charge is 2.21. The highest BCUT2D eigenvalue weighted by Crippen LogP contribution is 2.35. The zero-order valence-electron chi connectivity index (χ0n) is 15.0. The second-order valence-electron chi connectivity index (χ2n) is 8.35. The molecule has 2 nitrogen and oxygen atoms in total. The van der Waals surface area contributed by atoms with Crippen LogP contribution in [0.25, 0.3) is 22.0 Å². The number of H-pyrrole nitrogens is 1. The lowest BCUT2D eigenvalue weighted by Crippen LogP contribution is -2.13. The minimum absolute atomic E-state index is 0.0272. The minimum Gasteiger partial charge on any atom is -0.342 e. The van der Waals surface area contributed by atoms with E-state index in [1.54, 1.807) is 0 Å². The highest BCUT2D eigenvalue weighted by atomic mass is 14.9. The van der Waals surface area contributed by atoms with Gasteiger partial charge >= 0.3 is 0 Å². The molecule has 0 aliphatic rings. The molecule has 0 fully saturated rings. The molecule has 0 saturated heterocycles. The van der Waals surface area contributed by atoms with Crippen molar-refractivity contribution in [3.8, 4) is 11.3 Å². The normalized spacial score (nSPS) is 12.8. The number of aromatic amines is 1. The number of aromatic nitrogens is 2. The zero-order valence-corrected chi connectivity index (χ0v) is 15.0. The first-order valence-electron chi connectivity index (χ1n) is 8.26. The molecule has 23 heavy (non-hydrogen) atoms. The van der Waals surface area contributed by atoms with Gasteiger partial charge in [0.1, 0.15) is 5.82 Å². The van der Waals surface area contributed by atoms with Crippen LogP contribution in [0.1, 0.15) is 52.9 Å². The van der Waals surface area contributed by atoms with Crippen molar-refractivity contribution in [1.82, 2.24) is 9.97 Å². The van der Waals surface area contributed by atoms with E-state index in [2.05, 4.69) is 87.9 Å². The fraction of sp³-hybridized carbons (Fsp3) is 0.381. The number of benzene rings is 2. The van der Waals surface area contributed by atoms with Gasteiger partial charge in [0.25, 0.3) is 0 Å². The van der Waals surface area contributed by atoms with Crippen molar-refractivity contribution in [3.05, 3.63) is 54.0 Å². The van der Waals surface area contributed by atoms with Crippen molar-refractivity contribution in [1.29, 1.82) is 0 Å². The van der Waals surface area contributed by atoms with Crippen molar-refractivity contribution in [3.63, 3.8) is 0 Å². The average Bonchev–Trinajstić information content (AvgIpc) is 2.94. The number of hydrogen-bond acceptors (Lipinski definition) is 1. The molecule has 0 atom stereocenters. The molecular formula is C21H26N2. The zero-order chi connectivity index (χ0) is 16.8. The molecule has 0 aliphatic carbocycles. The summed E-state index contributed by atoms with van der Waals surface area (Å²) in [6.07, 6.45) is 1.96. The van der Waals surface area contributed by atoms with Gasteiger partial charge in [-0.15, -0.1) is 0 Å². The fourth-order valence-electron chi connectivity index (χ4n) is 3.03. The predicted octanol–water partition coefficient (Wildman–Crippen LogP) is 5.82. The highest BCUT2D eigenvalue weighted by molar-refractivity contribution is 5.98. The van der Waals surface area contributed by atoms with Crippen LogP contribution in [-0.4, -0.2) is 9.97 Å². The molecule has 1 N–H and O–H groups in total. The third-order valence-corrected chi connectivity index (χ3v) is 4.31. The Kier molecular flexibility index (Phi) is 3.59. The predicted molar refractivity (Wildman–Crippen MR) is 98.9 cm³/mol. The molecule has 3 aromatic rings. The van der Waals surface area contributed by atoms with Gasteiger partial charge in [0.2, 0.25) is 0 Å². The van der Waals surface area contributed by atoms with Crippen LogP contribution in [0.5, 0.6) is 0 Å². The fourth-order valence-corrected chi connectivity index (χ4v) is 3.03. The van der Waals surface area contributed by atoms with Gasteiger partial charge < -0.3 is 4.98 Å². The Hall–Kier alpha value is -2.09. The minimum atomic E-state index is 0.0272. The molecule has 0 spiro atoms. The molecule has 0 aliphatic heterocycles. The first-order valence-corrected chi connectivity index (χ1v) is 8.26. The number of nitrogens with zero attached hydrogens (tertiary/aromatic N) is 1. The van der Waals surface area contributed by atoms with Crippen LogP contribution in [0, 0.1) is 0 Å². The first kappa shape index (κ1) is 15.8. The van der Waals surface area contributed by atoms with Crippen LogP contribution < -0.4 is 0 Å². The van der Waals surface area contributed by atoms with Crippen LogP contribution in [0.4, 0.5) is 0 Å².